The van der Waals surface area contributed by atoms with Crippen LogP contribution in [0.4, 0.5) is 5.69 Å². The van der Waals surface area contributed by atoms with Crippen molar-refractivity contribution in [2.75, 3.05) is 11.4 Å². The lowest BCUT2D eigenvalue weighted by molar-refractivity contribution is -0.120. The molecule has 146 valence electrons. The van der Waals surface area contributed by atoms with Crippen molar-refractivity contribution < 1.29 is 13.9 Å². The molecule has 3 aromatic rings. The summed E-state index contributed by atoms with van der Waals surface area (Å²) in [6.07, 6.45) is 1.56. The van der Waals surface area contributed by atoms with Crippen molar-refractivity contribution in [3.8, 4) is 11.8 Å². The van der Waals surface area contributed by atoms with Crippen molar-refractivity contribution >= 4 is 22.6 Å². The summed E-state index contributed by atoms with van der Waals surface area (Å²) in [6, 6.07) is 15.7. The molecule has 5 rings (SSSR count). The number of nitrogens with two attached hydrogens (primary N) is 1. The van der Waals surface area contributed by atoms with Crippen molar-refractivity contribution in [1.82, 2.24) is 0 Å². The third-order valence-corrected chi connectivity index (χ3v) is 5.55. The summed E-state index contributed by atoms with van der Waals surface area (Å²) < 4.78 is 11.2. The Morgan fingerprint density at radius 3 is 2.67 bits per heavy atom. The number of para-hydroxylation sites is 2. The molecule has 0 bridgehead atoms. The molecule has 1 aromatic heterocycles. The fraction of sp³-hybridized carbons (Fsp3) is 0.0870. The number of rotatable bonds is 2. The maximum Gasteiger partial charge on any atom is 0.343 e. The number of anilines is 1. The highest BCUT2D eigenvalue weighted by Crippen LogP contribution is 2.55. The summed E-state index contributed by atoms with van der Waals surface area (Å²) in [7, 11) is 0. The molecule has 0 aliphatic carbocycles. The minimum Gasteiger partial charge on any atom is -0.440 e. The molecule has 7 nitrogen and oxygen atoms in total. The van der Waals surface area contributed by atoms with E-state index in [0.717, 1.165) is 0 Å². The molecule has 7 heteroatoms. The van der Waals surface area contributed by atoms with Crippen LogP contribution in [0.3, 0.4) is 0 Å². The SMILES string of the molecule is C=CCN1C(=O)[C@@]2(C(C#N)=C(N)Oc3ccccc32)c2c1c1ccccc1oc2=O. The van der Waals surface area contributed by atoms with Crippen molar-refractivity contribution in [2.24, 2.45) is 5.73 Å². The highest BCUT2D eigenvalue weighted by atomic mass is 16.5. The lowest BCUT2D eigenvalue weighted by Gasteiger charge is -2.33. The van der Waals surface area contributed by atoms with E-state index in [0.29, 0.717) is 28.0 Å². The molecular formula is C23H15N3O4. The van der Waals surface area contributed by atoms with Crippen LogP contribution in [0.5, 0.6) is 5.75 Å². The fourth-order valence-electron chi connectivity index (χ4n) is 4.43. The van der Waals surface area contributed by atoms with Crippen LogP contribution in [0.25, 0.3) is 11.0 Å². The molecule has 0 fully saturated rings. The minimum atomic E-state index is -1.75. The molecule has 3 heterocycles. The fourth-order valence-corrected chi connectivity index (χ4v) is 4.43. The van der Waals surface area contributed by atoms with E-state index in [2.05, 4.69) is 6.58 Å². The molecule has 2 aliphatic rings. The van der Waals surface area contributed by atoms with Gasteiger partial charge in [-0.3, -0.25) is 4.79 Å². The number of benzene rings is 2. The molecule has 1 spiro atoms. The monoisotopic (exact) mass is 397 g/mol. The van der Waals surface area contributed by atoms with Crippen LogP contribution in [0, 0.1) is 11.3 Å². The molecule has 0 radical (unpaired) electrons. The Morgan fingerprint density at radius 2 is 1.90 bits per heavy atom. The van der Waals surface area contributed by atoms with E-state index in [1.807, 2.05) is 6.07 Å². The number of hydrogen-bond donors (Lipinski definition) is 1. The topological polar surface area (TPSA) is 110 Å². The van der Waals surface area contributed by atoms with Gasteiger partial charge in [0.05, 0.1) is 11.3 Å². The van der Waals surface area contributed by atoms with E-state index >= 15 is 0 Å². The molecule has 2 aromatic carbocycles. The Kier molecular flexibility index (Phi) is 3.61. The van der Waals surface area contributed by atoms with Crippen LogP contribution in [-0.2, 0) is 10.2 Å². The zero-order chi connectivity index (χ0) is 21.0. The largest absolute Gasteiger partial charge is 0.440 e. The maximum atomic E-state index is 14.0. The molecular weight excluding hydrogens is 382 g/mol. The molecule has 0 saturated carbocycles. The van der Waals surface area contributed by atoms with E-state index < -0.39 is 16.9 Å². The second kappa shape index (κ2) is 6.09. The highest BCUT2D eigenvalue weighted by molar-refractivity contribution is 6.18. The molecule has 1 amide bonds. The number of amides is 1. The summed E-state index contributed by atoms with van der Waals surface area (Å²) in [6.45, 7) is 3.89. The maximum absolute atomic E-state index is 14.0. The summed E-state index contributed by atoms with van der Waals surface area (Å²) in [5.74, 6) is -0.388. The predicted octanol–water partition coefficient (Wildman–Crippen LogP) is 2.70. The van der Waals surface area contributed by atoms with Crippen LogP contribution < -0.4 is 21.0 Å². The number of nitriles is 1. The highest BCUT2D eigenvalue weighted by Gasteiger charge is 2.61. The van der Waals surface area contributed by atoms with Crippen LogP contribution in [0.15, 0.2) is 81.9 Å². The van der Waals surface area contributed by atoms with Gasteiger partial charge in [-0.1, -0.05) is 36.4 Å². The summed E-state index contributed by atoms with van der Waals surface area (Å²) in [5.41, 5.74) is 4.64. The van der Waals surface area contributed by atoms with Crippen molar-refractivity contribution in [2.45, 2.75) is 5.41 Å². The predicted molar refractivity (Wildman–Crippen MR) is 110 cm³/mol. The molecule has 2 N–H and O–H groups in total. The Bertz CT molecular complexity index is 1400. The van der Waals surface area contributed by atoms with E-state index in [9.17, 15) is 14.9 Å². The van der Waals surface area contributed by atoms with Gasteiger partial charge in [-0.25, -0.2) is 4.79 Å². The molecule has 0 unspecified atom stereocenters. The molecule has 2 aliphatic heterocycles. The van der Waals surface area contributed by atoms with E-state index in [-0.39, 0.29) is 23.6 Å². The van der Waals surface area contributed by atoms with Crippen LogP contribution in [-0.4, -0.2) is 12.5 Å². The average Bonchev–Trinajstić information content (AvgIpc) is 2.99. The summed E-state index contributed by atoms with van der Waals surface area (Å²) >= 11 is 0. The van der Waals surface area contributed by atoms with E-state index in [4.69, 9.17) is 14.9 Å². The van der Waals surface area contributed by atoms with Crippen molar-refractivity contribution in [1.29, 1.82) is 5.26 Å². The van der Waals surface area contributed by atoms with Crippen LogP contribution >= 0.6 is 0 Å². The van der Waals surface area contributed by atoms with Gasteiger partial charge in [-0.2, -0.15) is 5.26 Å². The van der Waals surface area contributed by atoms with Gasteiger partial charge < -0.3 is 19.8 Å². The lowest BCUT2D eigenvalue weighted by Crippen LogP contribution is -2.47. The average molecular weight is 397 g/mol. The second-order valence-corrected chi connectivity index (χ2v) is 7.01. The molecule has 0 saturated heterocycles. The van der Waals surface area contributed by atoms with E-state index in [1.165, 1.54) is 4.90 Å². The Balaban J connectivity index is 2.03. The Labute approximate surface area is 170 Å². The molecule has 30 heavy (non-hydrogen) atoms. The zero-order valence-electron chi connectivity index (χ0n) is 15.7. The zero-order valence-corrected chi connectivity index (χ0v) is 15.7. The van der Waals surface area contributed by atoms with Gasteiger partial charge in [0, 0.05) is 17.5 Å². The van der Waals surface area contributed by atoms with Gasteiger partial charge in [-0.05, 0) is 18.2 Å². The number of nitrogens with zero attached hydrogens (tertiary/aromatic N) is 2. The third kappa shape index (κ3) is 1.97. The minimum absolute atomic E-state index is 0.0586. The van der Waals surface area contributed by atoms with Gasteiger partial charge in [-0.15, -0.1) is 6.58 Å². The lowest BCUT2D eigenvalue weighted by atomic mass is 9.69. The number of ether oxygens (including phenoxy) is 1. The van der Waals surface area contributed by atoms with Gasteiger partial charge in [0.2, 0.25) is 11.8 Å². The molecule has 1 atom stereocenters. The van der Waals surface area contributed by atoms with Gasteiger partial charge >= 0.3 is 5.63 Å². The first-order valence-electron chi connectivity index (χ1n) is 9.22. The first kappa shape index (κ1) is 17.8. The quantitative estimate of drug-likeness (QED) is 0.526. The standard InChI is InChI=1S/C23H15N3O4/c1-2-11-26-19-13-7-3-5-9-16(13)30-21(27)18(19)23(22(26)28)14-8-4-6-10-17(14)29-20(25)15(23)12-24/h2-10H,1,11,25H2/t23-/m0/s1. The van der Waals surface area contributed by atoms with Crippen molar-refractivity contribution in [3.05, 3.63) is 94.2 Å². The van der Waals surface area contributed by atoms with Crippen LogP contribution in [0.1, 0.15) is 11.1 Å². The third-order valence-electron chi connectivity index (χ3n) is 5.55. The van der Waals surface area contributed by atoms with Gasteiger partial charge in [0.15, 0.2) is 5.41 Å². The van der Waals surface area contributed by atoms with Crippen LogP contribution in [0.2, 0.25) is 0 Å². The van der Waals surface area contributed by atoms with Crippen molar-refractivity contribution in [3.63, 3.8) is 0 Å². The van der Waals surface area contributed by atoms with Gasteiger partial charge in [0.25, 0.3) is 0 Å². The first-order valence-corrected chi connectivity index (χ1v) is 9.22. The number of carbonyl (C=O) groups excluding carboxylic acids is 1. The summed E-state index contributed by atoms with van der Waals surface area (Å²) in [4.78, 5) is 28.7. The number of carbonyl (C=O) groups is 1. The number of hydrogen-bond acceptors (Lipinski definition) is 6. The normalized spacial score (nSPS) is 19.4. The Hall–Kier alpha value is -4.31. The first-order chi connectivity index (χ1) is 14.6. The smallest absolute Gasteiger partial charge is 0.343 e. The Morgan fingerprint density at radius 1 is 1.17 bits per heavy atom. The second-order valence-electron chi connectivity index (χ2n) is 7.01. The van der Waals surface area contributed by atoms with Gasteiger partial charge in [0.1, 0.15) is 23.0 Å². The van der Waals surface area contributed by atoms with E-state index in [1.54, 1.807) is 54.6 Å². The number of fused-ring (bicyclic) bond motifs is 6. The summed E-state index contributed by atoms with van der Waals surface area (Å²) in [5, 5.41) is 10.6.